The summed E-state index contributed by atoms with van der Waals surface area (Å²) in [5, 5.41) is 0. The second-order valence-electron chi connectivity index (χ2n) is 8.28. The van der Waals surface area contributed by atoms with Crippen LogP contribution in [-0.4, -0.2) is 85.0 Å². The Morgan fingerprint density at radius 1 is 1.04 bits per heavy atom. The maximum absolute atomic E-state index is 13.3. The molecule has 0 aliphatic carbocycles. The number of anilines is 1. The molecule has 0 saturated carbocycles. The third-order valence-electron chi connectivity index (χ3n) is 6.34. The van der Waals surface area contributed by atoms with Gasteiger partial charge >= 0.3 is 0 Å². The van der Waals surface area contributed by atoms with Gasteiger partial charge in [-0.15, -0.1) is 0 Å². The summed E-state index contributed by atoms with van der Waals surface area (Å²) in [5.74, 6) is 0.299. The van der Waals surface area contributed by atoms with Gasteiger partial charge in [-0.05, 0) is 38.9 Å². The van der Waals surface area contributed by atoms with Crippen molar-refractivity contribution in [2.24, 2.45) is 0 Å². The molecular formula is C20H30N4O. The lowest BCUT2D eigenvalue weighted by molar-refractivity contribution is -0.144. The maximum atomic E-state index is 13.3. The Hall–Kier alpha value is -1.59. The Balaban J connectivity index is 1.44. The number of rotatable bonds is 2. The zero-order valence-corrected chi connectivity index (χ0v) is 15.7. The van der Waals surface area contributed by atoms with Crippen molar-refractivity contribution in [2.75, 3.05) is 57.8 Å². The van der Waals surface area contributed by atoms with Crippen LogP contribution in [0.2, 0.25) is 0 Å². The Kier molecular flexibility index (Phi) is 4.24. The predicted molar refractivity (Wildman–Crippen MR) is 101 cm³/mol. The molecule has 1 unspecified atom stereocenters. The molecule has 0 radical (unpaired) electrons. The average Bonchev–Trinajstić information content (AvgIpc) is 2.99. The van der Waals surface area contributed by atoms with Crippen molar-refractivity contribution >= 4 is 11.6 Å². The lowest BCUT2D eigenvalue weighted by atomic mass is 9.98. The van der Waals surface area contributed by atoms with E-state index in [9.17, 15) is 4.79 Å². The standard InChI is InChI=1S/C20H30N4O/c1-20(2,23-11-8-21(3)9-12-23)19(25)22-10-13-24-17(15-22)14-16-6-4-5-7-18(16)24/h4-7,17H,8-15H2,1-3H3. The molecule has 1 aromatic rings. The minimum Gasteiger partial charge on any atom is -0.364 e. The van der Waals surface area contributed by atoms with Crippen LogP contribution in [0.4, 0.5) is 5.69 Å². The van der Waals surface area contributed by atoms with E-state index in [1.54, 1.807) is 0 Å². The van der Waals surface area contributed by atoms with Crippen LogP contribution in [-0.2, 0) is 11.2 Å². The second-order valence-corrected chi connectivity index (χ2v) is 8.28. The molecule has 3 aliphatic heterocycles. The normalized spacial score (nSPS) is 25.0. The number of carbonyl (C=O) groups is 1. The van der Waals surface area contributed by atoms with Crippen LogP contribution >= 0.6 is 0 Å². The summed E-state index contributed by atoms with van der Waals surface area (Å²) in [6, 6.07) is 9.14. The quantitative estimate of drug-likeness (QED) is 0.810. The molecular weight excluding hydrogens is 312 g/mol. The van der Waals surface area contributed by atoms with E-state index in [4.69, 9.17) is 0 Å². The first kappa shape index (κ1) is 16.9. The molecule has 0 aromatic heterocycles. The van der Waals surface area contributed by atoms with Crippen LogP contribution in [0, 0.1) is 0 Å². The van der Waals surface area contributed by atoms with Crippen LogP contribution in [0.15, 0.2) is 24.3 Å². The van der Waals surface area contributed by atoms with E-state index in [-0.39, 0.29) is 0 Å². The highest BCUT2D eigenvalue weighted by molar-refractivity contribution is 5.86. The van der Waals surface area contributed by atoms with Gasteiger partial charge in [0.25, 0.3) is 0 Å². The van der Waals surface area contributed by atoms with E-state index in [2.05, 4.69) is 64.8 Å². The molecule has 3 heterocycles. The third kappa shape index (κ3) is 2.93. The van der Waals surface area contributed by atoms with Crippen LogP contribution in [0.25, 0.3) is 0 Å². The molecule has 4 rings (SSSR count). The van der Waals surface area contributed by atoms with Gasteiger partial charge in [0.05, 0.1) is 11.6 Å². The molecule has 25 heavy (non-hydrogen) atoms. The van der Waals surface area contributed by atoms with E-state index in [0.717, 1.165) is 52.2 Å². The largest absolute Gasteiger partial charge is 0.364 e. The average molecular weight is 342 g/mol. The lowest BCUT2D eigenvalue weighted by Gasteiger charge is -2.46. The van der Waals surface area contributed by atoms with Crippen molar-refractivity contribution in [2.45, 2.75) is 31.8 Å². The fourth-order valence-corrected chi connectivity index (χ4v) is 4.64. The molecule has 0 N–H and O–H groups in total. The number of likely N-dealkylation sites (N-methyl/N-ethyl adjacent to an activating group) is 1. The van der Waals surface area contributed by atoms with Gasteiger partial charge in [0.1, 0.15) is 0 Å². The highest BCUT2D eigenvalue weighted by Crippen LogP contribution is 2.34. The predicted octanol–water partition coefficient (Wildman–Crippen LogP) is 1.29. The zero-order valence-electron chi connectivity index (χ0n) is 15.7. The van der Waals surface area contributed by atoms with Crippen molar-refractivity contribution in [3.63, 3.8) is 0 Å². The fourth-order valence-electron chi connectivity index (χ4n) is 4.64. The molecule has 3 aliphatic rings. The van der Waals surface area contributed by atoms with E-state index in [0.29, 0.717) is 11.9 Å². The Morgan fingerprint density at radius 3 is 2.52 bits per heavy atom. The summed E-state index contributed by atoms with van der Waals surface area (Å²) in [5.41, 5.74) is 2.40. The lowest BCUT2D eigenvalue weighted by Crippen LogP contribution is -2.64. The molecule has 1 atom stereocenters. The highest BCUT2D eigenvalue weighted by atomic mass is 16.2. The first-order chi connectivity index (χ1) is 12.0. The number of fused-ring (bicyclic) bond motifs is 3. The first-order valence-electron chi connectivity index (χ1n) is 9.54. The Labute approximate surface area is 151 Å². The van der Waals surface area contributed by atoms with Crippen LogP contribution in [0.5, 0.6) is 0 Å². The van der Waals surface area contributed by atoms with Crippen LogP contribution in [0.3, 0.4) is 0 Å². The van der Waals surface area contributed by atoms with E-state index in [1.807, 2.05) is 0 Å². The number of benzene rings is 1. The molecule has 1 amide bonds. The molecule has 5 heteroatoms. The number of amides is 1. The summed E-state index contributed by atoms with van der Waals surface area (Å²) in [6.45, 7) is 10.9. The summed E-state index contributed by atoms with van der Waals surface area (Å²) >= 11 is 0. The molecule has 1 aromatic carbocycles. The number of carbonyl (C=O) groups excluding carboxylic acids is 1. The van der Waals surface area contributed by atoms with Gasteiger partial charge in [0.2, 0.25) is 5.91 Å². The van der Waals surface area contributed by atoms with Gasteiger partial charge < -0.3 is 14.7 Å². The zero-order chi connectivity index (χ0) is 17.6. The summed E-state index contributed by atoms with van der Waals surface area (Å²) in [6.07, 6.45) is 1.06. The number of hydrogen-bond acceptors (Lipinski definition) is 4. The van der Waals surface area contributed by atoms with Crippen LogP contribution in [0.1, 0.15) is 19.4 Å². The van der Waals surface area contributed by atoms with Crippen molar-refractivity contribution < 1.29 is 4.79 Å². The van der Waals surface area contributed by atoms with Crippen molar-refractivity contribution in [3.05, 3.63) is 29.8 Å². The van der Waals surface area contributed by atoms with Crippen molar-refractivity contribution in [1.82, 2.24) is 14.7 Å². The van der Waals surface area contributed by atoms with Crippen LogP contribution < -0.4 is 4.90 Å². The number of nitrogens with zero attached hydrogens (tertiary/aromatic N) is 4. The molecule has 136 valence electrons. The Morgan fingerprint density at radius 2 is 1.76 bits per heavy atom. The smallest absolute Gasteiger partial charge is 0.242 e. The summed E-state index contributed by atoms with van der Waals surface area (Å²) in [4.78, 5) is 22.6. The SMILES string of the molecule is CN1CCN(C(C)(C)C(=O)N2CCN3c4ccccc4CC3C2)CC1. The van der Waals surface area contributed by atoms with Crippen molar-refractivity contribution in [3.8, 4) is 0 Å². The van der Waals surface area contributed by atoms with Gasteiger partial charge in [-0.3, -0.25) is 9.69 Å². The van der Waals surface area contributed by atoms with E-state index in [1.165, 1.54) is 11.3 Å². The van der Waals surface area contributed by atoms with Gasteiger partial charge in [-0.2, -0.15) is 0 Å². The molecule has 0 bridgehead atoms. The monoisotopic (exact) mass is 342 g/mol. The minimum absolute atomic E-state index is 0.299. The topological polar surface area (TPSA) is 30.0 Å². The highest BCUT2D eigenvalue weighted by Gasteiger charge is 2.42. The number of piperazine rings is 2. The van der Waals surface area contributed by atoms with Gasteiger partial charge in [0, 0.05) is 51.5 Å². The van der Waals surface area contributed by atoms with Gasteiger partial charge in [-0.1, -0.05) is 18.2 Å². The fraction of sp³-hybridized carbons (Fsp3) is 0.650. The number of para-hydroxylation sites is 1. The Bertz CT molecular complexity index is 651. The van der Waals surface area contributed by atoms with Gasteiger partial charge in [0.15, 0.2) is 0 Å². The third-order valence-corrected chi connectivity index (χ3v) is 6.34. The molecule has 0 spiro atoms. The second kappa shape index (κ2) is 6.29. The maximum Gasteiger partial charge on any atom is 0.242 e. The molecule has 2 fully saturated rings. The number of hydrogen-bond donors (Lipinski definition) is 0. The minimum atomic E-state index is -0.408. The molecule has 2 saturated heterocycles. The summed E-state index contributed by atoms with van der Waals surface area (Å²) < 4.78 is 0. The molecule has 5 nitrogen and oxygen atoms in total. The van der Waals surface area contributed by atoms with E-state index < -0.39 is 5.54 Å². The van der Waals surface area contributed by atoms with Gasteiger partial charge in [-0.25, -0.2) is 0 Å². The summed E-state index contributed by atoms with van der Waals surface area (Å²) in [7, 11) is 2.16. The first-order valence-corrected chi connectivity index (χ1v) is 9.54. The van der Waals surface area contributed by atoms with E-state index >= 15 is 0 Å². The van der Waals surface area contributed by atoms with Crippen molar-refractivity contribution in [1.29, 1.82) is 0 Å².